The maximum Gasteiger partial charge on any atom is 0.254 e. The molecule has 1 unspecified atom stereocenters. The first-order valence-electron chi connectivity index (χ1n) is 8.83. The predicted octanol–water partition coefficient (Wildman–Crippen LogP) is 2.82. The van der Waals surface area contributed by atoms with Crippen LogP contribution in [0.2, 0.25) is 0 Å². The quantitative estimate of drug-likeness (QED) is 0.854. The Morgan fingerprint density at radius 1 is 1.12 bits per heavy atom. The van der Waals surface area contributed by atoms with E-state index in [1.54, 1.807) is 11.9 Å². The summed E-state index contributed by atoms with van der Waals surface area (Å²) in [5.41, 5.74) is 3.01. The van der Waals surface area contributed by atoms with E-state index in [-0.39, 0.29) is 11.8 Å². The highest BCUT2D eigenvalue weighted by Crippen LogP contribution is 2.21. The van der Waals surface area contributed by atoms with Crippen molar-refractivity contribution in [2.45, 2.75) is 31.7 Å². The second kappa shape index (κ2) is 7.97. The Balaban J connectivity index is 1.55. The van der Waals surface area contributed by atoms with Crippen LogP contribution in [0.5, 0.6) is 0 Å². The van der Waals surface area contributed by atoms with Crippen LogP contribution in [0.4, 0.5) is 0 Å². The van der Waals surface area contributed by atoms with Crippen LogP contribution in [0.25, 0.3) is 0 Å². The number of fused-ring (bicyclic) bond motifs is 1. The van der Waals surface area contributed by atoms with E-state index in [1.807, 2.05) is 42.5 Å². The van der Waals surface area contributed by atoms with Gasteiger partial charge in [0.15, 0.2) is 0 Å². The number of aryl methyl sites for hydroxylation is 2. The number of amides is 2. The summed E-state index contributed by atoms with van der Waals surface area (Å²) < 4.78 is 0. The molecule has 2 amide bonds. The molecule has 0 saturated heterocycles. The van der Waals surface area contributed by atoms with E-state index in [2.05, 4.69) is 17.4 Å². The van der Waals surface area contributed by atoms with Crippen molar-refractivity contribution in [3.63, 3.8) is 0 Å². The molecule has 0 fully saturated rings. The maximum atomic E-state index is 12.6. The standard InChI is InChI=1S/C21H24N2O2/c1-23-19(14-13-17-11-5-6-12-18(17)21(23)25)20(24)22-15-7-10-16-8-3-2-4-9-16/h2-6,8-9,11-12,19H,7,10,13-15H2,1H3,(H,22,24). The Labute approximate surface area is 148 Å². The highest BCUT2D eigenvalue weighted by Gasteiger charge is 2.31. The van der Waals surface area contributed by atoms with Crippen molar-refractivity contribution in [1.82, 2.24) is 10.2 Å². The van der Waals surface area contributed by atoms with Gasteiger partial charge in [-0.05, 0) is 42.9 Å². The van der Waals surface area contributed by atoms with Gasteiger partial charge in [0.05, 0.1) is 0 Å². The van der Waals surface area contributed by atoms with E-state index in [0.29, 0.717) is 18.5 Å². The lowest BCUT2D eigenvalue weighted by molar-refractivity contribution is -0.125. The molecule has 0 radical (unpaired) electrons. The van der Waals surface area contributed by atoms with Crippen LogP contribution in [0.3, 0.4) is 0 Å². The summed E-state index contributed by atoms with van der Waals surface area (Å²) in [6, 6.07) is 17.5. The minimum Gasteiger partial charge on any atom is -0.354 e. The van der Waals surface area contributed by atoms with Crippen molar-refractivity contribution in [3.8, 4) is 0 Å². The van der Waals surface area contributed by atoms with Crippen LogP contribution in [-0.2, 0) is 17.6 Å². The SMILES string of the molecule is CN1C(=O)c2ccccc2CCC1C(=O)NCCCc1ccccc1. The third-order valence-corrected chi connectivity index (χ3v) is 4.81. The molecule has 1 atom stereocenters. The van der Waals surface area contributed by atoms with Gasteiger partial charge in [0, 0.05) is 19.2 Å². The van der Waals surface area contributed by atoms with Crippen LogP contribution in [0.15, 0.2) is 54.6 Å². The molecule has 4 nitrogen and oxygen atoms in total. The van der Waals surface area contributed by atoms with Crippen molar-refractivity contribution < 1.29 is 9.59 Å². The largest absolute Gasteiger partial charge is 0.354 e. The Morgan fingerprint density at radius 2 is 1.84 bits per heavy atom. The molecule has 0 saturated carbocycles. The monoisotopic (exact) mass is 336 g/mol. The van der Waals surface area contributed by atoms with E-state index in [9.17, 15) is 9.59 Å². The van der Waals surface area contributed by atoms with Gasteiger partial charge in [-0.15, -0.1) is 0 Å². The molecule has 0 spiro atoms. The van der Waals surface area contributed by atoms with E-state index in [0.717, 1.165) is 24.8 Å². The van der Waals surface area contributed by atoms with Gasteiger partial charge in [-0.25, -0.2) is 0 Å². The molecule has 4 heteroatoms. The first-order valence-corrected chi connectivity index (χ1v) is 8.83. The zero-order chi connectivity index (χ0) is 17.6. The lowest BCUT2D eigenvalue weighted by Crippen LogP contribution is -2.47. The number of benzene rings is 2. The molecule has 1 heterocycles. The number of carbonyl (C=O) groups excluding carboxylic acids is 2. The van der Waals surface area contributed by atoms with Gasteiger partial charge in [0.2, 0.25) is 5.91 Å². The number of nitrogens with one attached hydrogen (secondary N) is 1. The number of hydrogen-bond donors (Lipinski definition) is 1. The molecule has 130 valence electrons. The van der Waals surface area contributed by atoms with Crippen LogP contribution in [-0.4, -0.2) is 36.3 Å². The van der Waals surface area contributed by atoms with Crippen molar-refractivity contribution >= 4 is 11.8 Å². The van der Waals surface area contributed by atoms with Gasteiger partial charge < -0.3 is 10.2 Å². The topological polar surface area (TPSA) is 49.4 Å². The lowest BCUT2D eigenvalue weighted by Gasteiger charge is -2.25. The molecule has 1 aliphatic heterocycles. The summed E-state index contributed by atoms with van der Waals surface area (Å²) in [5, 5.41) is 3.00. The molecule has 2 aromatic carbocycles. The van der Waals surface area contributed by atoms with E-state index in [4.69, 9.17) is 0 Å². The average molecular weight is 336 g/mol. The normalized spacial score (nSPS) is 16.9. The van der Waals surface area contributed by atoms with Crippen LogP contribution in [0, 0.1) is 0 Å². The molecule has 25 heavy (non-hydrogen) atoms. The number of rotatable bonds is 5. The summed E-state index contributed by atoms with van der Waals surface area (Å²) in [5.74, 6) is -0.130. The fourth-order valence-electron chi connectivity index (χ4n) is 3.34. The fraction of sp³-hybridized carbons (Fsp3) is 0.333. The highest BCUT2D eigenvalue weighted by molar-refractivity contribution is 5.99. The molecule has 0 bridgehead atoms. The molecule has 1 N–H and O–H groups in total. The molecule has 2 aromatic rings. The van der Waals surface area contributed by atoms with Gasteiger partial charge in [-0.1, -0.05) is 48.5 Å². The van der Waals surface area contributed by atoms with Crippen molar-refractivity contribution in [2.75, 3.05) is 13.6 Å². The van der Waals surface area contributed by atoms with Crippen molar-refractivity contribution in [2.24, 2.45) is 0 Å². The second-order valence-electron chi connectivity index (χ2n) is 6.51. The Morgan fingerprint density at radius 3 is 2.64 bits per heavy atom. The Hall–Kier alpha value is -2.62. The third-order valence-electron chi connectivity index (χ3n) is 4.81. The molecule has 0 aliphatic carbocycles. The van der Waals surface area contributed by atoms with Gasteiger partial charge >= 0.3 is 0 Å². The number of nitrogens with zero attached hydrogens (tertiary/aromatic N) is 1. The predicted molar refractivity (Wildman–Crippen MR) is 98.4 cm³/mol. The minimum atomic E-state index is -0.406. The summed E-state index contributed by atoms with van der Waals surface area (Å²) in [7, 11) is 1.72. The van der Waals surface area contributed by atoms with E-state index < -0.39 is 6.04 Å². The minimum absolute atomic E-state index is 0.0586. The molecular weight excluding hydrogens is 312 g/mol. The van der Waals surface area contributed by atoms with Crippen LogP contribution < -0.4 is 5.32 Å². The first-order chi connectivity index (χ1) is 12.2. The average Bonchev–Trinajstić information content (AvgIpc) is 2.77. The Kier molecular flexibility index (Phi) is 5.49. The summed E-state index contributed by atoms with van der Waals surface area (Å²) in [6.07, 6.45) is 3.23. The summed E-state index contributed by atoms with van der Waals surface area (Å²) >= 11 is 0. The zero-order valence-corrected chi connectivity index (χ0v) is 14.6. The number of carbonyl (C=O) groups is 2. The van der Waals surface area contributed by atoms with Gasteiger partial charge in [-0.2, -0.15) is 0 Å². The maximum absolute atomic E-state index is 12.6. The zero-order valence-electron chi connectivity index (χ0n) is 14.6. The Bertz CT molecular complexity index is 743. The molecule has 0 aromatic heterocycles. The van der Waals surface area contributed by atoms with E-state index in [1.165, 1.54) is 5.56 Å². The molecule has 3 rings (SSSR count). The third kappa shape index (κ3) is 4.08. The smallest absolute Gasteiger partial charge is 0.254 e. The van der Waals surface area contributed by atoms with Gasteiger partial charge in [0.1, 0.15) is 6.04 Å². The summed E-state index contributed by atoms with van der Waals surface area (Å²) in [4.78, 5) is 26.8. The molecular formula is C21H24N2O2. The van der Waals surface area contributed by atoms with Crippen LogP contribution in [0.1, 0.15) is 34.3 Å². The van der Waals surface area contributed by atoms with Crippen LogP contribution >= 0.6 is 0 Å². The van der Waals surface area contributed by atoms with Gasteiger partial charge in [-0.3, -0.25) is 9.59 Å². The van der Waals surface area contributed by atoms with E-state index >= 15 is 0 Å². The molecule has 1 aliphatic rings. The summed E-state index contributed by atoms with van der Waals surface area (Å²) in [6.45, 7) is 0.624. The highest BCUT2D eigenvalue weighted by atomic mass is 16.2. The van der Waals surface area contributed by atoms with Crippen molar-refractivity contribution in [3.05, 3.63) is 71.3 Å². The van der Waals surface area contributed by atoms with Gasteiger partial charge in [0.25, 0.3) is 5.91 Å². The van der Waals surface area contributed by atoms with Crippen molar-refractivity contribution in [1.29, 1.82) is 0 Å². The first kappa shape index (κ1) is 17.2. The second-order valence-corrected chi connectivity index (χ2v) is 6.51. The fourth-order valence-corrected chi connectivity index (χ4v) is 3.34. The number of hydrogen-bond acceptors (Lipinski definition) is 2. The number of likely N-dealkylation sites (N-methyl/N-ethyl adjacent to an activating group) is 1. The lowest BCUT2D eigenvalue weighted by atomic mass is 10.0.